The van der Waals surface area contributed by atoms with Crippen LogP contribution in [0.5, 0.6) is 0 Å². The van der Waals surface area contributed by atoms with Gasteiger partial charge in [0.25, 0.3) is 0 Å². The average Bonchev–Trinajstić information content (AvgIpc) is 3.00. The molecule has 5 heteroatoms. The lowest BCUT2D eigenvalue weighted by atomic mass is 9.67. The van der Waals surface area contributed by atoms with Crippen LogP contribution in [0, 0.1) is 29.1 Å². The van der Waals surface area contributed by atoms with Crippen LogP contribution in [0.1, 0.15) is 41.0 Å². The van der Waals surface area contributed by atoms with Gasteiger partial charge in [-0.3, -0.25) is 4.79 Å². The molecule has 0 radical (unpaired) electrons. The Morgan fingerprint density at radius 2 is 2.07 bits per heavy atom. The second-order valence-electron chi connectivity index (χ2n) is 8.64. The molecule has 5 nitrogen and oxygen atoms in total. The molecule has 0 unspecified atom stereocenters. The molecule has 2 aliphatic carbocycles. The number of rotatable bonds is 3. The van der Waals surface area contributed by atoms with Crippen LogP contribution in [0.15, 0.2) is 36.0 Å². The molecular weight excluding hydrogens is 344 g/mol. The van der Waals surface area contributed by atoms with Crippen molar-refractivity contribution in [2.75, 3.05) is 0 Å². The molecule has 0 amide bonds. The molecule has 3 rings (SSSR count). The normalized spacial score (nSPS) is 38.5. The van der Waals surface area contributed by atoms with Crippen LogP contribution in [0.4, 0.5) is 0 Å². The van der Waals surface area contributed by atoms with E-state index in [9.17, 15) is 14.4 Å². The minimum Gasteiger partial charge on any atom is -0.458 e. The largest absolute Gasteiger partial charge is 0.458 e. The Kier molecular flexibility index (Phi) is 4.91. The maximum absolute atomic E-state index is 12.9. The molecule has 0 spiro atoms. The molecule has 2 fully saturated rings. The summed E-state index contributed by atoms with van der Waals surface area (Å²) < 4.78 is 11.4. The van der Waals surface area contributed by atoms with E-state index in [-0.39, 0.29) is 29.1 Å². The third-order valence-corrected chi connectivity index (χ3v) is 6.64. The summed E-state index contributed by atoms with van der Waals surface area (Å²) in [4.78, 5) is 37.7. The highest BCUT2D eigenvalue weighted by molar-refractivity contribution is 5.99. The van der Waals surface area contributed by atoms with Crippen LogP contribution in [0.3, 0.4) is 0 Å². The molecule has 27 heavy (non-hydrogen) atoms. The SMILES string of the molecule is C=C1C(=O)O[C@@H]2C[C@@H](C)[C@@H]3C=CC(=O)[C@@]3(C)[C@@H](OC(=O)/C=C(\C)C(C)C)[C@H]12. The molecule has 1 saturated heterocycles. The Bertz CT molecular complexity index is 759. The summed E-state index contributed by atoms with van der Waals surface area (Å²) in [5.41, 5.74) is 0.259. The zero-order valence-corrected chi connectivity index (χ0v) is 16.7. The number of hydrogen-bond acceptors (Lipinski definition) is 5. The van der Waals surface area contributed by atoms with Crippen LogP contribution in [0.2, 0.25) is 0 Å². The van der Waals surface area contributed by atoms with Gasteiger partial charge in [-0.05, 0) is 44.1 Å². The topological polar surface area (TPSA) is 69.7 Å². The predicted octanol–water partition coefficient (Wildman–Crippen LogP) is 3.40. The first-order valence-corrected chi connectivity index (χ1v) is 9.58. The lowest BCUT2D eigenvalue weighted by Crippen LogP contribution is -2.49. The van der Waals surface area contributed by atoms with Crippen molar-refractivity contribution in [3.63, 3.8) is 0 Å². The van der Waals surface area contributed by atoms with Gasteiger partial charge in [0, 0.05) is 11.6 Å². The summed E-state index contributed by atoms with van der Waals surface area (Å²) in [6, 6.07) is 0. The third-order valence-electron chi connectivity index (χ3n) is 6.64. The molecular formula is C22H28O5. The van der Waals surface area contributed by atoms with E-state index in [4.69, 9.17) is 9.47 Å². The molecule has 3 aliphatic rings. The summed E-state index contributed by atoms with van der Waals surface area (Å²) in [6.45, 7) is 13.6. The van der Waals surface area contributed by atoms with Gasteiger partial charge in [0.1, 0.15) is 12.2 Å². The van der Waals surface area contributed by atoms with E-state index < -0.39 is 35.5 Å². The molecule has 0 aromatic heterocycles. The van der Waals surface area contributed by atoms with Crippen LogP contribution >= 0.6 is 0 Å². The highest BCUT2D eigenvalue weighted by Gasteiger charge is 2.61. The van der Waals surface area contributed by atoms with Crippen molar-refractivity contribution in [3.05, 3.63) is 36.0 Å². The van der Waals surface area contributed by atoms with E-state index >= 15 is 0 Å². The van der Waals surface area contributed by atoms with Gasteiger partial charge in [0.05, 0.1) is 11.3 Å². The molecule has 0 aromatic carbocycles. The first-order valence-electron chi connectivity index (χ1n) is 9.58. The smallest absolute Gasteiger partial charge is 0.334 e. The minimum atomic E-state index is -0.926. The summed E-state index contributed by atoms with van der Waals surface area (Å²) in [6.07, 6.45) is 4.37. The van der Waals surface area contributed by atoms with Crippen molar-refractivity contribution in [1.29, 1.82) is 0 Å². The number of ketones is 1. The van der Waals surface area contributed by atoms with Gasteiger partial charge in [-0.1, -0.05) is 39.0 Å². The Morgan fingerprint density at radius 3 is 2.70 bits per heavy atom. The summed E-state index contributed by atoms with van der Waals surface area (Å²) in [5, 5.41) is 0. The van der Waals surface area contributed by atoms with Crippen molar-refractivity contribution < 1.29 is 23.9 Å². The number of fused-ring (bicyclic) bond motifs is 2. The van der Waals surface area contributed by atoms with E-state index in [1.807, 2.05) is 40.7 Å². The van der Waals surface area contributed by atoms with Gasteiger partial charge < -0.3 is 9.47 Å². The van der Waals surface area contributed by atoms with Gasteiger partial charge in [-0.15, -0.1) is 0 Å². The Labute approximate surface area is 160 Å². The van der Waals surface area contributed by atoms with Crippen molar-refractivity contribution in [1.82, 2.24) is 0 Å². The highest BCUT2D eigenvalue weighted by atomic mass is 16.6. The fourth-order valence-electron chi connectivity index (χ4n) is 4.66. The number of allylic oxidation sites excluding steroid dienone is 3. The van der Waals surface area contributed by atoms with Crippen LogP contribution in [-0.4, -0.2) is 29.9 Å². The van der Waals surface area contributed by atoms with Gasteiger partial charge in [0.2, 0.25) is 0 Å². The first-order chi connectivity index (χ1) is 12.6. The zero-order chi connectivity index (χ0) is 20.1. The fraction of sp³-hybridized carbons (Fsp3) is 0.591. The quantitative estimate of drug-likeness (QED) is 0.561. The Hall–Kier alpha value is -2.17. The second kappa shape index (κ2) is 6.77. The Morgan fingerprint density at radius 1 is 1.41 bits per heavy atom. The lowest BCUT2D eigenvalue weighted by molar-refractivity contribution is -0.159. The molecule has 1 aliphatic heterocycles. The van der Waals surface area contributed by atoms with Gasteiger partial charge in [0.15, 0.2) is 5.78 Å². The van der Waals surface area contributed by atoms with E-state index in [2.05, 4.69) is 6.58 Å². The van der Waals surface area contributed by atoms with Crippen molar-refractivity contribution in [2.24, 2.45) is 29.1 Å². The molecule has 1 saturated carbocycles. The monoisotopic (exact) mass is 372 g/mol. The molecule has 1 heterocycles. The predicted molar refractivity (Wildman–Crippen MR) is 101 cm³/mol. The summed E-state index contributed by atoms with van der Waals surface area (Å²) in [5.74, 6) is -1.29. The standard InChI is InChI=1S/C22H28O5/c1-11(2)12(3)10-18(24)27-20-19-14(5)21(25)26-16(19)9-13(4)15-7-8-17(23)22(15,20)6/h7-8,10-11,13,15-16,19-20H,5,9H2,1-4,6H3/b12-10+/t13-,15+,16-,19-,20+,22+/m1/s1. The van der Waals surface area contributed by atoms with E-state index in [1.54, 1.807) is 6.08 Å². The lowest BCUT2D eigenvalue weighted by Gasteiger charge is -2.39. The number of carbonyl (C=O) groups is 3. The summed E-state index contributed by atoms with van der Waals surface area (Å²) >= 11 is 0. The minimum absolute atomic E-state index is 0.0740. The van der Waals surface area contributed by atoms with Crippen LogP contribution in [0.25, 0.3) is 0 Å². The highest BCUT2D eigenvalue weighted by Crippen LogP contribution is 2.54. The van der Waals surface area contributed by atoms with Gasteiger partial charge in [-0.25, -0.2) is 9.59 Å². The Balaban J connectivity index is 2.03. The number of hydrogen-bond donors (Lipinski definition) is 0. The average molecular weight is 372 g/mol. The maximum atomic E-state index is 12.9. The third kappa shape index (κ3) is 3.07. The number of esters is 2. The second-order valence-corrected chi connectivity index (χ2v) is 8.64. The van der Waals surface area contributed by atoms with Gasteiger partial charge in [-0.2, -0.15) is 0 Å². The van der Waals surface area contributed by atoms with Gasteiger partial charge >= 0.3 is 11.9 Å². The van der Waals surface area contributed by atoms with Crippen molar-refractivity contribution in [3.8, 4) is 0 Å². The number of ether oxygens (including phenoxy) is 2. The van der Waals surface area contributed by atoms with Crippen LogP contribution < -0.4 is 0 Å². The summed E-state index contributed by atoms with van der Waals surface area (Å²) in [7, 11) is 0. The van der Waals surface area contributed by atoms with E-state index in [0.717, 1.165) is 5.57 Å². The molecule has 0 aromatic rings. The molecule has 0 N–H and O–H groups in total. The molecule has 146 valence electrons. The van der Waals surface area contributed by atoms with Crippen LogP contribution in [-0.2, 0) is 23.9 Å². The zero-order valence-electron chi connectivity index (χ0n) is 16.7. The van der Waals surface area contributed by atoms with E-state index in [0.29, 0.717) is 6.42 Å². The van der Waals surface area contributed by atoms with Crippen molar-refractivity contribution in [2.45, 2.75) is 53.2 Å². The maximum Gasteiger partial charge on any atom is 0.334 e. The van der Waals surface area contributed by atoms with Crippen molar-refractivity contribution >= 4 is 17.7 Å². The fourth-order valence-corrected chi connectivity index (χ4v) is 4.66. The molecule has 6 atom stereocenters. The first kappa shape index (κ1) is 19.6. The van der Waals surface area contributed by atoms with E-state index in [1.165, 1.54) is 6.08 Å². The molecule has 0 bridgehead atoms. The number of carbonyl (C=O) groups excluding carboxylic acids is 3.